The number of hydrogen-bond donors (Lipinski definition) is 1. The molecule has 158 valence electrons. The summed E-state index contributed by atoms with van der Waals surface area (Å²) in [6.45, 7) is 6.49. The van der Waals surface area contributed by atoms with E-state index in [4.69, 9.17) is 20.8 Å². The van der Waals surface area contributed by atoms with Crippen molar-refractivity contribution < 1.29 is 13.9 Å². The fourth-order valence-electron chi connectivity index (χ4n) is 3.44. The number of benzene rings is 2. The summed E-state index contributed by atoms with van der Waals surface area (Å²) < 4.78 is 10.6. The molecule has 0 aliphatic heterocycles. The molecule has 0 aliphatic carbocycles. The zero-order valence-corrected chi connectivity index (χ0v) is 18.4. The maximum absolute atomic E-state index is 12.4. The lowest BCUT2D eigenvalue weighted by atomic mass is 9.84. The van der Waals surface area contributed by atoms with E-state index in [9.17, 15) is 9.59 Å². The van der Waals surface area contributed by atoms with E-state index in [0.29, 0.717) is 34.9 Å². The fourth-order valence-corrected chi connectivity index (χ4v) is 3.57. The summed E-state index contributed by atoms with van der Waals surface area (Å²) in [6, 6.07) is 13.0. The number of hydrogen-bond acceptors (Lipinski definition) is 4. The quantitative estimate of drug-likeness (QED) is 0.550. The molecule has 1 amide bonds. The molecule has 0 spiro atoms. The van der Waals surface area contributed by atoms with Gasteiger partial charge in [-0.1, -0.05) is 37.6 Å². The third-order valence-corrected chi connectivity index (χ3v) is 5.70. The number of carbonyl (C=O) groups excluding carboxylic acids is 1. The summed E-state index contributed by atoms with van der Waals surface area (Å²) in [4.78, 5) is 24.9. The van der Waals surface area contributed by atoms with Gasteiger partial charge >= 0.3 is 5.63 Å². The van der Waals surface area contributed by atoms with Crippen LogP contribution in [0.3, 0.4) is 0 Å². The molecule has 0 unspecified atom stereocenters. The number of fused-ring (bicyclic) bond motifs is 1. The van der Waals surface area contributed by atoms with Gasteiger partial charge in [0.25, 0.3) is 0 Å². The van der Waals surface area contributed by atoms with E-state index >= 15 is 0 Å². The zero-order chi connectivity index (χ0) is 21.9. The van der Waals surface area contributed by atoms with Crippen LogP contribution in [0.2, 0.25) is 5.02 Å². The van der Waals surface area contributed by atoms with Gasteiger partial charge in [-0.05, 0) is 48.7 Å². The molecule has 0 fully saturated rings. The van der Waals surface area contributed by atoms with Crippen LogP contribution in [0.15, 0.2) is 51.7 Å². The molecule has 1 aromatic heterocycles. The summed E-state index contributed by atoms with van der Waals surface area (Å²) >= 11 is 5.96. The Morgan fingerprint density at radius 2 is 1.87 bits per heavy atom. The highest BCUT2D eigenvalue weighted by Gasteiger charge is 2.21. The highest BCUT2D eigenvalue weighted by atomic mass is 35.5. The average Bonchev–Trinajstić information content (AvgIpc) is 2.72. The SMILES string of the molecule is COc1ccc2c(C)c(CCC(=O)NCC(C)(C)c3ccc(Cl)cc3)c(=O)oc2c1. The van der Waals surface area contributed by atoms with E-state index in [1.54, 1.807) is 13.2 Å². The van der Waals surface area contributed by atoms with Gasteiger partial charge in [0.2, 0.25) is 5.91 Å². The molecule has 0 bridgehead atoms. The van der Waals surface area contributed by atoms with Crippen LogP contribution in [0.1, 0.15) is 37.0 Å². The Hall–Kier alpha value is -2.79. The van der Waals surface area contributed by atoms with Gasteiger partial charge in [-0.25, -0.2) is 4.79 Å². The Labute approximate surface area is 181 Å². The number of carbonyl (C=O) groups is 1. The predicted octanol–water partition coefficient (Wildman–Crippen LogP) is 4.79. The van der Waals surface area contributed by atoms with E-state index < -0.39 is 5.63 Å². The first-order valence-corrected chi connectivity index (χ1v) is 10.2. The molecule has 0 atom stereocenters. The fraction of sp³-hybridized carbons (Fsp3) is 0.333. The number of halogens is 1. The van der Waals surface area contributed by atoms with E-state index in [0.717, 1.165) is 16.5 Å². The lowest BCUT2D eigenvalue weighted by molar-refractivity contribution is -0.121. The van der Waals surface area contributed by atoms with E-state index in [1.807, 2.05) is 43.3 Å². The van der Waals surface area contributed by atoms with Crippen molar-refractivity contribution in [2.24, 2.45) is 0 Å². The number of rotatable bonds is 7. The Kier molecular flexibility index (Phi) is 6.52. The van der Waals surface area contributed by atoms with Crippen molar-refractivity contribution in [3.8, 4) is 5.75 Å². The lowest BCUT2D eigenvalue weighted by Crippen LogP contribution is -2.36. The predicted molar refractivity (Wildman–Crippen MR) is 120 cm³/mol. The molecule has 2 aromatic carbocycles. The van der Waals surface area contributed by atoms with Crippen LogP contribution in [0, 0.1) is 6.92 Å². The van der Waals surface area contributed by atoms with Gasteiger partial charge in [-0.15, -0.1) is 0 Å². The van der Waals surface area contributed by atoms with E-state index in [1.165, 1.54) is 0 Å². The van der Waals surface area contributed by atoms with Gasteiger partial charge in [-0.3, -0.25) is 4.79 Å². The highest BCUT2D eigenvalue weighted by Crippen LogP contribution is 2.25. The second kappa shape index (κ2) is 8.92. The third-order valence-electron chi connectivity index (χ3n) is 5.45. The summed E-state index contributed by atoms with van der Waals surface area (Å²) in [6.07, 6.45) is 0.535. The monoisotopic (exact) mass is 427 g/mol. The van der Waals surface area contributed by atoms with Crippen molar-refractivity contribution >= 4 is 28.5 Å². The highest BCUT2D eigenvalue weighted by molar-refractivity contribution is 6.30. The number of methoxy groups -OCH3 is 1. The van der Waals surface area contributed by atoms with Crippen LogP contribution in [-0.4, -0.2) is 19.6 Å². The molecule has 0 saturated carbocycles. The molecule has 0 aliphatic rings. The molecule has 1 heterocycles. The molecule has 3 aromatic rings. The number of amides is 1. The van der Waals surface area contributed by atoms with Crippen LogP contribution < -0.4 is 15.7 Å². The zero-order valence-electron chi connectivity index (χ0n) is 17.7. The van der Waals surface area contributed by atoms with Crippen molar-refractivity contribution in [1.82, 2.24) is 5.32 Å². The maximum atomic E-state index is 12.4. The number of ether oxygens (including phenoxy) is 1. The molecule has 30 heavy (non-hydrogen) atoms. The molecule has 6 heteroatoms. The minimum Gasteiger partial charge on any atom is -0.497 e. The maximum Gasteiger partial charge on any atom is 0.339 e. The van der Waals surface area contributed by atoms with Crippen LogP contribution in [-0.2, 0) is 16.6 Å². The van der Waals surface area contributed by atoms with Gasteiger partial charge in [-0.2, -0.15) is 0 Å². The van der Waals surface area contributed by atoms with Crippen molar-refractivity contribution in [2.75, 3.05) is 13.7 Å². The Morgan fingerprint density at radius 3 is 2.53 bits per heavy atom. The minimum absolute atomic E-state index is 0.106. The van der Waals surface area contributed by atoms with Gasteiger partial charge in [0.1, 0.15) is 11.3 Å². The molecule has 1 N–H and O–H groups in total. The topological polar surface area (TPSA) is 68.5 Å². The van der Waals surface area contributed by atoms with Gasteiger partial charge < -0.3 is 14.5 Å². The van der Waals surface area contributed by atoms with Crippen molar-refractivity contribution in [1.29, 1.82) is 0 Å². The van der Waals surface area contributed by atoms with Crippen molar-refractivity contribution in [2.45, 2.75) is 39.0 Å². The third kappa shape index (κ3) is 4.85. The molecule has 0 saturated heterocycles. The van der Waals surface area contributed by atoms with E-state index in [-0.39, 0.29) is 17.7 Å². The summed E-state index contributed by atoms with van der Waals surface area (Å²) in [7, 11) is 1.56. The molecular weight excluding hydrogens is 402 g/mol. The van der Waals surface area contributed by atoms with Gasteiger partial charge in [0.15, 0.2) is 0 Å². The van der Waals surface area contributed by atoms with Crippen molar-refractivity contribution in [3.63, 3.8) is 0 Å². The second-order valence-electron chi connectivity index (χ2n) is 8.02. The van der Waals surface area contributed by atoms with Crippen LogP contribution in [0.5, 0.6) is 5.75 Å². The number of nitrogens with one attached hydrogen (secondary N) is 1. The summed E-state index contributed by atoms with van der Waals surface area (Å²) in [5, 5.41) is 4.50. The Balaban J connectivity index is 1.66. The first kappa shape index (κ1) is 21.9. The first-order valence-electron chi connectivity index (χ1n) is 9.84. The molecule has 0 radical (unpaired) electrons. The smallest absolute Gasteiger partial charge is 0.339 e. The first-order chi connectivity index (χ1) is 14.2. The molecule has 5 nitrogen and oxygen atoms in total. The van der Waals surface area contributed by atoms with Crippen molar-refractivity contribution in [3.05, 3.63) is 74.6 Å². The van der Waals surface area contributed by atoms with Crippen LogP contribution in [0.4, 0.5) is 0 Å². The molecule has 3 rings (SSSR count). The second-order valence-corrected chi connectivity index (χ2v) is 8.46. The molecular formula is C24H26ClNO4. The Bertz CT molecular complexity index is 1120. The Morgan fingerprint density at radius 1 is 1.17 bits per heavy atom. The largest absolute Gasteiger partial charge is 0.497 e. The van der Waals surface area contributed by atoms with Gasteiger partial charge in [0, 0.05) is 40.4 Å². The standard InChI is InChI=1S/C24H26ClNO4/c1-15-19-10-9-18(29-4)13-21(19)30-23(28)20(15)11-12-22(27)26-14-24(2,3)16-5-7-17(25)8-6-16/h5-10,13H,11-12,14H2,1-4H3,(H,26,27). The lowest BCUT2D eigenvalue weighted by Gasteiger charge is -2.25. The normalized spacial score (nSPS) is 11.5. The van der Waals surface area contributed by atoms with Gasteiger partial charge in [0.05, 0.1) is 7.11 Å². The minimum atomic E-state index is -0.414. The summed E-state index contributed by atoms with van der Waals surface area (Å²) in [5.74, 6) is 0.520. The summed E-state index contributed by atoms with van der Waals surface area (Å²) in [5.41, 5.74) is 2.28. The van der Waals surface area contributed by atoms with Crippen LogP contribution in [0.25, 0.3) is 11.0 Å². The number of aryl methyl sites for hydroxylation is 1. The van der Waals surface area contributed by atoms with Crippen LogP contribution >= 0.6 is 11.6 Å². The average molecular weight is 428 g/mol. The van der Waals surface area contributed by atoms with E-state index in [2.05, 4.69) is 19.2 Å².